The van der Waals surface area contributed by atoms with Gasteiger partial charge in [-0.3, -0.25) is 9.69 Å². The molecule has 0 saturated carbocycles. The monoisotopic (exact) mass is 453 g/mol. The van der Waals surface area contributed by atoms with Crippen molar-refractivity contribution in [2.45, 2.75) is 32.2 Å². The summed E-state index contributed by atoms with van der Waals surface area (Å²) < 4.78 is 4.92. The maximum atomic E-state index is 11.8. The number of carbonyl (C=O) groups is 1. The summed E-state index contributed by atoms with van der Waals surface area (Å²) in [6.07, 6.45) is 3.84. The summed E-state index contributed by atoms with van der Waals surface area (Å²) in [5.41, 5.74) is 0. The minimum Gasteiger partial charge on any atom is -0.383 e. The van der Waals surface area contributed by atoms with E-state index in [0.717, 1.165) is 25.6 Å². The van der Waals surface area contributed by atoms with Gasteiger partial charge in [0.05, 0.1) is 6.61 Å². The summed E-state index contributed by atoms with van der Waals surface area (Å²) in [6.45, 7) is 8.58. The van der Waals surface area contributed by atoms with Gasteiger partial charge in [0.1, 0.15) is 6.54 Å². The van der Waals surface area contributed by atoms with E-state index in [2.05, 4.69) is 32.3 Å². The van der Waals surface area contributed by atoms with Gasteiger partial charge in [0.15, 0.2) is 5.96 Å². The second kappa shape index (κ2) is 11.9. The smallest absolute Gasteiger partial charge is 0.241 e. The van der Waals surface area contributed by atoms with Gasteiger partial charge in [0, 0.05) is 39.3 Å². The Labute approximate surface area is 162 Å². The SMILES string of the molecule is CCNC(=NCC(=O)NCCOC)N1CCC(N2CCCC2)C1.I. The first-order valence-corrected chi connectivity index (χ1v) is 8.77. The molecule has 24 heavy (non-hydrogen) atoms. The fraction of sp³-hybridized carbons (Fsp3) is 0.875. The Bertz CT molecular complexity index is 402. The first kappa shape index (κ1) is 21.4. The molecule has 140 valence electrons. The third-order valence-corrected chi connectivity index (χ3v) is 4.46. The number of guanidine groups is 1. The number of halogens is 1. The molecule has 1 unspecified atom stereocenters. The molecule has 1 atom stereocenters. The standard InChI is InChI=1S/C16H31N5O2.HI/c1-3-17-16(19-12-15(22)18-7-11-23-2)21-10-6-14(13-21)20-8-4-5-9-20;/h14H,3-13H2,1-2H3,(H,17,19)(H,18,22);1H. The molecule has 1 amide bonds. The molecule has 2 aliphatic rings. The van der Waals surface area contributed by atoms with Gasteiger partial charge in [0.25, 0.3) is 0 Å². The van der Waals surface area contributed by atoms with Crippen LogP contribution in [0.25, 0.3) is 0 Å². The minimum absolute atomic E-state index is 0. The van der Waals surface area contributed by atoms with Gasteiger partial charge in [-0.2, -0.15) is 0 Å². The molecule has 0 aliphatic carbocycles. The Morgan fingerprint density at radius 3 is 2.67 bits per heavy atom. The van der Waals surface area contributed by atoms with Crippen molar-refractivity contribution < 1.29 is 9.53 Å². The van der Waals surface area contributed by atoms with Gasteiger partial charge in [-0.25, -0.2) is 4.99 Å². The van der Waals surface area contributed by atoms with Crippen LogP contribution in [0.5, 0.6) is 0 Å². The minimum atomic E-state index is -0.0623. The van der Waals surface area contributed by atoms with Crippen LogP contribution in [-0.4, -0.2) is 87.2 Å². The number of likely N-dealkylation sites (tertiary alicyclic amines) is 2. The second-order valence-electron chi connectivity index (χ2n) is 6.14. The predicted octanol–water partition coefficient (Wildman–Crippen LogP) is 0.503. The largest absolute Gasteiger partial charge is 0.383 e. The number of carbonyl (C=O) groups excluding carboxylic acids is 1. The molecule has 2 fully saturated rings. The van der Waals surface area contributed by atoms with E-state index in [9.17, 15) is 4.79 Å². The number of nitrogens with one attached hydrogen (secondary N) is 2. The fourth-order valence-corrected chi connectivity index (χ4v) is 3.26. The normalized spacial score (nSPS) is 21.7. The van der Waals surface area contributed by atoms with Gasteiger partial charge >= 0.3 is 0 Å². The molecular formula is C16H32IN5O2. The number of methoxy groups -OCH3 is 1. The highest BCUT2D eigenvalue weighted by Gasteiger charge is 2.30. The number of ether oxygens (including phenoxy) is 1. The van der Waals surface area contributed by atoms with Gasteiger partial charge in [-0.1, -0.05) is 0 Å². The van der Waals surface area contributed by atoms with E-state index in [4.69, 9.17) is 4.74 Å². The van der Waals surface area contributed by atoms with Crippen LogP contribution in [0.15, 0.2) is 4.99 Å². The summed E-state index contributed by atoms with van der Waals surface area (Å²) >= 11 is 0. The summed E-state index contributed by atoms with van der Waals surface area (Å²) in [4.78, 5) is 21.2. The van der Waals surface area contributed by atoms with Crippen molar-refractivity contribution in [3.05, 3.63) is 0 Å². The molecule has 0 aromatic carbocycles. The van der Waals surface area contributed by atoms with E-state index < -0.39 is 0 Å². The molecule has 0 aromatic rings. The first-order chi connectivity index (χ1) is 11.2. The van der Waals surface area contributed by atoms with Crippen LogP contribution in [0.1, 0.15) is 26.2 Å². The Hall–Kier alpha value is -0.610. The van der Waals surface area contributed by atoms with Crippen LogP contribution in [-0.2, 0) is 9.53 Å². The quantitative estimate of drug-likeness (QED) is 0.255. The van der Waals surface area contributed by atoms with Crippen LogP contribution in [0, 0.1) is 0 Å². The Kier molecular flexibility index (Phi) is 10.6. The number of nitrogens with zero attached hydrogens (tertiary/aromatic N) is 3. The van der Waals surface area contributed by atoms with E-state index in [0.29, 0.717) is 19.2 Å². The van der Waals surface area contributed by atoms with Gasteiger partial charge in [0.2, 0.25) is 5.91 Å². The van der Waals surface area contributed by atoms with Crippen molar-refractivity contribution >= 4 is 35.8 Å². The number of aliphatic imine (C=N–C) groups is 1. The van der Waals surface area contributed by atoms with E-state index in [-0.39, 0.29) is 36.4 Å². The van der Waals surface area contributed by atoms with Crippen molar-refractivity contribution in [1.82, 2.24) is 20.4 Å². The Morgan fingerprint density at radius 2 is 2.00 bits per heavy atom. The van der Waals surface area contributed by atoms with Crippen LogP contribution < -0.4 is 10.6 Å². The Morgan fingerprint density at radius 1 is 1.25 bits per heavy atom. The van der Waals surface area contributed by atoms with E-state index in [1.54, 1.807) is 7.11 Å². The van der Waals surface area contributed by atoms with Crippen LogP contribution in [0.3, 0.4) is 0 Å². The molecule has 0 radical (unpaired) electrons. The lowest BCUT2D eigenvalue weighted by Gasteiger charge is -2.25. The molecule has 2 rings (SSSR count). The molecule has 8 heteroatoms. The molecule has 0 bridgehead atoms. The lowest BCUT2D eigenvalue weighted by Crippen LogP contribution is -2.43. The molecule has 2 aliphatic heterocycles. The van der Waals surface area contributed by atoms with Crippen LogP contribution >= 0.6 is 24.0 Å². The molecule has 0 spiro atoms. The third-order valence-electron chi connectivity index (χ3n) is 4.46. The zero-order valence-corrected chi connectivity index (χ0v) is 17.3. The number of hydrogen-bond donors (Lipinski definition) is 2. The zero-order chi connectivity index (χ0) is 16.5. The van der Waals surface area contributed by atoms with Crippen molar-refractivity contribution in [3.8, 4) is 0 Å². The number of amides is 1. The lowest BCUT2D eigenvalue weighted by molar-refractivity contribution is -0.119. The summed E-state index contributed by atoms with van der Waals surface area (Å²) in [6, 6.07) is 0.636. The van der Waals surface area contributed by atoms with E-state index in [1.165, 1.54) is 32.4 Å². The van der Waals surface area contributed by atoms with E-state index >= 15 is 0 Å². The average molecular weight is 453 g/mol. The van der Waals surface area contributed by atoms with Crippen molar-refractivity contribution in [2.24, 2.45) is 4.99 Å². The predicted molar refractivity (Wildman–Crippen MR) is 107 cm³/mol. The van der Waals surface area contributed by atoms with Crippen molar-refractivity contribution in [3.63, 3.8) is 0 Å². The molecular weight excluding hydrogens is 421 g/mol. The first-order valence-electron chi connectivity index (χ1n) is 8.77. The molecule has 7 nitrogen and oxygen atoms in total. The van der Waals surface area contributed by atoms with Crippen LogP contribution in [0.2, 0.25) is 0 Å². The maximum Gasteiger partial charge on any atom is 0.241 e. The maximum absolute atomic E-state index is 11.8. The highest BCUT2D eigenvalue weighted by molar-refractivity contribution is 14.0. The summed E-state index contributed by atoms with van der Waals surface area (Å²) in [5.74, 6) is 0.795. The fourth-order valence-electron chi connectivity index (χ4n) is 3.26. The Balaban J connectivity index is 0.00000288. The number of hydrogen-bond acceptors (Lipinski definition) is 4. The third kappa shape index (κ3) is 6.72. The highest BCUT2D eigenvalue weighted by atomic mass is 127. The number of rotatable bonds is 7. The van der Waals surface area contributed by atoms with Gasteiger partial charge < -0.3 is 20.3 Å². The van der Waals surface area contributed by atoms with Gasteiger partial charge in [-0.05, 0) is 39.3 Å². The topological polar surface area (TPSA) is 69.2 Å². The summed E-state index contributed by atoms with van der Waals surface area (Å²) in [7, 11) is 1.62. The molecule has 0 aromatic heterocycles. The van der Waals surface area contributed by atoms with Crippen molar-refractivity contribution in [1.29, 1.82) is 0 Å². The molecule has 2 N–H and O–H groups in total. The van der Waals surface area contributed by atoms with Gasteiger partial charge in [-0.15, -0.1) is 24.0 Å². The van der Waals surface area contributed by atoms with Crippen LogP contribution in [0.4, 0.5) is 0 Å². The average Bonchev–Trinajstić information content (AvgIpc) is 3.22. The lowest BCUT2D eigenvalue weighted by atomic mass is 10.2. The van der Waals surface area contributed by atoms with Crippen molar-refractivity contribution in [2.75, 3.05) is 59.5 Å². The second-order valence-corrected chi connectivity index (χ2v) is 6.14. The van der Waals surface area contributed by atoms with E-state index in [1.807, 2.05) is 0 Å². The zero-order valence-electron chi connectivity index (χ0n) is 14.9. The highest BCUT2D eigenvalue weighted by Crippen LogP contribution is 2.20. The molecule has 2 saturated heterocycles. The molecule has 2 heterocycles. The summed E-state index contributed by atoms with van der Waals surface area (Å²) in [5, 5.41) is 6.11.